The fraction of sp³-hybridized carbons (Fsp3) is 0.571. The van der Waals surface area contributed by atoms with Crippen molar-refractivity contribution >= 4 is 11.8 Å². The SMILES string of the molecule is CC.CSc1cnn(C(F)F)c1. The Balaban J connectivity index is 0.000000561. The lowest BCUT2D eigenvalue weighted by atomic mass is 10.7. The van der Waals surface area contributed by atoms with Crippen molar-refractivity contribution in [1.82, 2.24) is 9.78 Å². The second-order valence-electron chi connectivity index (χ2n) is 1.64. The van der Waals surface area contributed by atoms with Gasteiger partial charge in [-0.3, -0.25) is 0 Å². The number of nitrogens with zero attached hydrogens (tertiary/aromatic N) is 2. The molecule has 0 atom stereocenters. The van der Waals surface area contributed by atoms with Gasteiger partial charge in [-0.15, -0.1) is 11.8 Å². The lowest BCUT2D eigenvalue weighted by molar-refractivity contribution is 0.0564. The van der Waals surface area contributed by atoms with Gasteiger partial charge in [0.25, 0.3) is 0 Å². The van der Waals surface area contributed by atoms with Gasteiger partial charge in [-0.1, -0.05) is 13.8 Å². The van der Waals surface area contributed by atoms with Crippen LogP contribution in [0.15, 0.2) is 17.3 Å². The second-order valence-corrected chi connectivity index (χ2v) is 2.52. The third-order valence-electron chi connectivity index (χ3n) is 1.01. The lowest BCUT2D eigenvalue weighted by Crippen LogP contribution is -1.96. The zero-order valence-corrected chi connectivity index (χ0v) is 8.11. The van der Waals surface area contributed by atoms with Crippen LogP contribution in [0.4, 0.5) is 8.78 Å². The van der Waals surface area contributed by atoms with Gasteiger partial charge in [0.15, 0.2) is 0 Å². The number of rotatable bonds is 2. The normalized spacial score (nSPS) is 9.50. The summed E-state index contributed by atoms with van der Waals surface area (Å²) in [6.07, 6.45) is 4.54. The van der Waals surface area contributed by atoms with Gasteiger partial charge in [-0.25, -0.2) is 4.68 Å². The van der Waals surface area contributed by atoms with Crippen molar-refractivity contribution in [3.8, 4) is 0 Å². The minimum Gasteiger partial charge on any atom is -0.211 e. The van der Waals surface area contributed by atoms with E-state index in [1.54, 1.807) is 0 Å². The first-order valence-corrected chi connectivity index (χ1v) is 4.83. The minimum atomic E-state index is -2.53. The number of aromatic nitrogens is 2. The van der Waals surface area contributed by atoms with Crippen LogP contribution in [0.5, 0.6) is 0 Å². The van der Waals surface area contributed by atoms with Gasteiger partial charge in [0.2, 0.25) is 0 Å². The van der Waals surface area contributed by atoms with E-state index in [0.717, 1.165) is 4.90 Å². The summed E-state index contributed by atoms with van der Waals surface area (Å²) in [5.74, 6) is 0. The van der Waals surface area contributed by atoms with Crippen molar-refractivity contribution in [2.24, 2.45) is 0 Å². The van der Waals surface area contributed by atoms with E-state index in [1.807, 2.05) is 20.1 Å². The molecule has 0 aromatic carbocycles. The zero-order valence-electron chi connectivity index (χ0n) is 7.29. The number of hydrogen-bond acceptors (Lipinski definition) is 2. The molecule has 0 saturated carbocycles. The van der Waals surface area contributed by atoms with Gasteiger partial charge < -0.3 is 0 Å². The van der Waals surface area contributed by atoms with E-state index in [0.29, 0.717) is 4.68 Å². The molecule has 2 nitrogen and oxygen atoms in total. The Morgan fingerprint density at radius 3 is 2.33 bits per heavy atom. The van der Waals surface area contributed by atoms with E-state index in [2.05, 4.69) is 5.10 Å². The third kappa shape index (κ3) is 3.21. The van der Waals surface area contributed by atoms with Crippen LogP contribution in [0.25, 0.3) is 0 Å². The number of halogens is 2. The van der Waals surface area contributed by atoms with E-state index in [9.17, 15) is 8.78 Å². The van der Waals surface area contributed by atoms with Crippen molar-refractivity contribution in [3.63, 3.8) is 0 Å². The first-order valence-electron chi connectivity index (χ1n) is 3.60. The average molecular weight is 194 g/mol. The lowest BCUT2D eigenvalue weighted by Gasteiger charge is -1.94. The van der Waals surface area contributed by atoms with Crippen LogP contribution in [0.1, 0.15) is 20.4 Å². The van der Waals surface area contributed by atoms with Crippen LogP contribution in [0.3, 0.4) is 0 Å². The molecule has 0 amide bonds. The van der Waals surface area contributed by atoms with Gasteiger partial charge in [-0.2, -0.15) is 13.9 Å². The van der Waals surface area contributed by atoms with Crippen LogP contribution >= 0.6 is 11.8 Å². The second kappa shape index (κ2) is 5.99. The Labute approximate surface area is 75.0 Å². The number of thioether (sulfide) groups is 1. The first kappa shape index (κ1) is 11.4. The fourth-order valence-corrected chi connectivity index (χ4v) is 0.899. The van der Waals surface area contributed by atoms with Crippen LogP contribution in [0.2, 0.25) is 0 Å². The number of alkyl halides is 2. The summed E-state index contributed by atoms with van der Waals surface area (Å²) in [6.45, 7) is 1.47. The van der Waals surface area contributed by atoms with Gasteiger partial charge in [-0.05, 0) is 6.26 Å². The maximum atomic E-state index is 11.8. The number of hydrogen-bond donors (Lipinski definition) is 0. The van der Waals surface area contributed by atoms with Gasteiger partial charge in [0.1, 0.15) is 0 Å². The van der Waals surface area contributed by atoms with Crippen LogP contribution in [-0.4, -0.2) is 16.0 Å². The zero-order chi connectivity index (χ0) is 9.56. The predicted molar refractivity (Wildman–Crippen MR) is 46.6 cm³/mol. The van der Waals surface area contributed by atoms with E-state index < -0.39 is 6.55 Å². The minimum absolute atomic E-state index is 0.631. The molecule has 0 aliphatic heterocycles. The summed E-state index contributed by atoms with van der Waals surface area (Å²) in [5, 5.41) is 3.43. The molecule has 0 N–H and O–H groups in total. The summed E-state index contributed by atoms with van der Waals surface area (Å²) < 4.78 is 24.2. The van der Waals surface area contributed by atoms with Crippen molar-refractivity contribution < 1.29 is 8.78 Å². The standard InChI is InChI=1S/C5H6F2N2S.C2H6/c1-10-4-2-8-9(3-4)5(6)7;1-2/h2-3,5H,1H3;1-2H3. The molecule has 0 unspecified atom stereocenters. The molecule has 1 aromatic rings. The van der Waals surface area contributed by atoms with Crippen molar-refractivity contribution in [3.05, 3.63) is 12.4 Å². The van der Waals surface area contributed by atoms with E-state index >= 15 is 0 Å². The molecule has 1 rings (SSSR count). The Morgan fingerprint density at radius 1 is 1.50 bits per heavy atom. The summed E-state index contributed by atoms with van der Waals surface area (Å²) >= 11 is 1.39. The predicted octanol–water partition coefficient (Wildman–Crippen LogP) is 3.03. The molecule has 0 aliphatic rings. The Kier molecular flexibility index (Phi) is 5.70. The summed E-state index contributed by atoms with van der Waals surface area (Å²) in [5.41, 5.74) is 0. The maximum absolute atomic E-state index is 11.8. The van der Waals surface area contributed by atoms with Gasteiger partial charge in [0.05, 0.1) is 6.20 Å². The smallest absolute Gasteiger partial charge is 0.211 e. The molecule has 1 aromatic heterocycles. The topological polar surface area (TPSA) is 17.8 Å². The largest absolute Gasteiger partial charge is 0.333 e. The van der Waals surface area contributed by atoms with Crippen LogP contribution in [-0.2, 0) is 0 Å². The molecule has 0 radical (unpaired) electrons. The van der Waals surface area contributed by atoms with Crippen LogP contribution in [0, 0.1) is 0 Å². The van der Waals surface area contributed by atoms with Crippen LogP contribution < -0.4 is 0 Å². The Hall–Kier alpha value is -0.580. The summed E-state index contributed by atoms with van der Waals surface area (Å²) in [6, 6.07) is 0. The van der Waals surface area contributed by atoms with Crippen molar-refractivity contribution in [2.75, 3.05) is 6.26 Å². The highest BCUT2D eigenvalue weighted by Gasteiger charge is 2.05. The molecule has 12 heavy (non-hydrogen) atoms. The molecular weight excluding hydrogens is 182 g/mol. The van der Waals surface area contributed by atoms with E-state index in [4.69, 9.17) is 0 Å². The highest BCUT2D eigenvalue weighted by molar-refractivity contribution is 7.98. The Bertz CT molecular complexity index is 213. The maximum Gasteiger partial charge on any atom is 0.333 e. The molecule has 0 spiro atoms. The summed E-state index contributed by atoms with van der Waals surface area (Å²) in [7, 11) is 0. The van der Waals surface area contributed by atoms with E-state index in [-0.39, 0.29) is 0 Å². The van der Waals surface area contributed by atoms with Crippen molar-refractivity contribution in [2.45, 2.75) is 25.3 Å². The molecule has 0 bridgehead atoms. The highest BCUT2D eigenvalue weighted by Crippen LogP contribution is 2.16. The fourth-order valence-electron chi connectivity index (χ4n) is 0.533. The molecule has 0 saturated heterocycles. The molecule has 0 aliphatic carbocycles. The summed E-state index contributed by atoms with van der Waals surface area (Å²) in [4.78, 5) is 0.750. The molecule has 0 fully saturated rings. The Morgan fingerprint density at radius 2 is 2.08 bits per heavy atom. The quantitative estimate of drug-likeness (QED) is 0.673. The highest BCUT2D eigenvalue weighted by atomic mass is 32.2. The van der Waals surface area contributed by atoms with E-state index in [1.165, 1.54) is 24.2 Å². The van der Waals surface area contributed by atoms with Gasteiger partial charge in [0, 0.05) is 11.1 Å². The molecule has 70 valence electrons. The molecule has 1 heterocycles. The molecular formula is C7H12F2N2S. The van der Waals surface area contributed by atoms with Gasteiger partial charge >= 0.3 is 6.55 Å². The third-order valence-corrected chi connectivity index (χ3v) is 1.70. The average Bonchev–Trinajstić information content (AvgIpc) is 2.55. The van der Waals surface area contributed by atoms with Crippen molar-refractivity contribution in [1.29, 1.82) is 0 Å². The molecule has 5 heteroatoms. The first-order chi connectivity index (χ1) is 5.74. The monoisotopic (exact) mass is 194 g/mol.